The third-order valence-electron chi connectivity index (χ3n) is 4.27. The molecule has 2 aromatic carbocycles. The van der Waals surface area contributed by atoms with Crippen molar-refractivity contribution in [2.75, 3.05) is 13.2 Å². The van der Waals surface area contributed by atoms with Gasteiger partial charge in [0.25, 0.3) is 0 Å². The summed E-state index contributed by atoms with van der Waals surface area (Å²) in [5.41, 5.74) is 1.41. The van der Waals surface area contributed by atoms with E-state index in [0.717, 1.165) is 16.7 Å². The lowest BCUT2D eigenvalue weighted by atomic mass is 10.2. The Bertz CT molecular complexity index is 1080. The molecule has 1 aromatic heterocycles. The summed E-state index contributed by atoms with van der Waals surface area (Å²) in [6.07, 6.45) is 0.772. The van der Waals surface area contributed by atoms with Gasteiger partial charge in [-0.25, -0.2) is 4.79 Å². The van der Waals surface area contributed by atoms with E-state index in [-0.39, 0.29) is 24.9 Å². The fourth-order valence-electron chi connectivity index (χ4n) is 2.88. The fraction of sp³-hybridized carbons (Fsp3) is 0.250. The number of amides is 1. The molecule has 0 unspecified atom stereocenters. The first kappa shape index (κ1) is 19.1. The summed E-state index contributed by atoms with van der Waals surface area (Å²) >= 11 is 6.26. The number of carbonyl (C=O) groups excluding carboxylic acids is 1. The number of nitrogens with one attached hydrogen (secondary N) is 1. The highest BCUT2D eigenvalue weighted by Crippen LogP contribution is 2.37. The number of aromatic nitrogens is 2. The Hall–Kier alpha value is -3.26. The lowest BCUT2D eigenvalue weighted by Gasteiger charge is -2.12. The van der Waals surface area contributed by atoms with E-state index in [2.05, 4.69) is 10.4 Å². The number of ether oxygens (including phenoxy) is 2. The molecule has 3 aromatic rings. The van der Waals surface area contributed by atoms with Crippen molar-refractivity contribution in [2.45, 2.75) is 19.5 Å². The molecule has 0 aliphatic carbocycles. The number of halogens is 1. The van der Waals surface area contributed by atoms with Gasteiger partial charge >= 0.3 is 5.76 Å². The van der Waals surface area contributed by atoms with Gasteiger partial charge in [0.05, 0.1) is 18.2 Å². The van der Waals surface area contributed by atoms with Crippen LogP contribution in [0.5, 0.6) is 11.5 Å². The summed E-state index contributed by atoms with van der Waals surface area (Å²) in [7, 11) is 0. The number of carbonyl (C=O) groups is 1. The highest BCUT2D eigenvalue weighted by atomic mass is 35.5. The first-order chi connectivity index (χ1) is 14.1. The van der Waals surface area contributed by atoms with Crippen molar-refractivity contribution >= 4 is 17.5 Å². The van der Waals surface area contributed by atoms with Crippen LogP contribution < -0.4 is 20.5 Å². The average Bonchev–Trinajstić information content (AvgIpc) is 2.92. The Labute approximate surface area is 171 Å². The zero-order chi connectivity index (χ0) is 20.2. The molecule has 2 heterocycles. The van der Waals surface area contributed by atoms with Crippen molar-refractivity contribution in [2.24, 2.45) is 0 Å². The van der Waals surface area contributed by atoms with Gasteiger partial charge in [0, 0.05) is 18.5 Å². The Balaban J connectivity index is 1.41. The number of hydrogen-bond donors (Lipinski definition) is 1. The molecule has 1 aliphatic rings. The van der Waals surface area contributed by atoms with Crippen molar-refractivity contribution in [1.82, 2.24) is 15.1 Å². The molecule has 0 saturated carbocycles. The van der Waals surface area contributed by atoms with E-state index in [9.17, 15) is 9.59 Å². The molecule has 8 nitrogen and oxygen atoms in total. The van der Waals surface area contributed by atoms with Crippen molar-refractivity contribution in [3.8, 4) is 23.0 Å². The van der Waals surface area contributed by atoms with Crippen molar-refractivity contribution in [3.05, 3.63) is 63.6 Å². The van der Waals surface area contributed by atoms with Gasteiger partial charge in [0.15, 0.2) is 11.5 Å². The van der Waals surface area contributed by atoms with Crippen LogP contribution in [0.15, 0.2) is 51.7 Å². The molecule has 0 saturated heterocycles. The molecule has 1 amide bonds. The second-order valence-electron chi connectivity index (χ2n) is 6.43. The number of nitrogens with zero attached hydrogens (tertiary/aromatic N) is 2. The maximum Gasteiger partial charge on any atom is 0.437 e. The first-order valence-corrected chi connectivity index (χ1v) is 9.46. The highest BCUT2D eigenvalue weighted by Gasteiger charge is 2.17. The van der Waals surface area contributed by atoms with Crippen LogP contribution in [0.1, 0.15) is 12.0 Å². The fourth-order valence-corrected chi connectivity index (χ4v) is 3.17. The van der Waals surface area contributed by atoms with Crippen LogP contribution in [0.25, 0.3) is 11.5 Å². The van der Waals surface area contributed by atoms with Gasteiger partial charge in [-0.2, -0.15) is 4.68 Å². The van der Waals surface area contributed by atoms with Crippen LogP contribution in [0.4, 0.5) is 0 Å². The van der Waals surface area contributed by atoms with Crippen molar-refractivity contribution < 1.29 is 18.7 Å². The number of benzene rings is 2. The summed E-state index contributed by atoms with van der Waals surface area (Å²) in [4.78, 5) is 24.2. The topological polar surface area (TPSA) is 95.6 Å². The third kappa shape index (κ3) is 4.43. The minimum atomic E-state index is -0.697. The van der Waals surface area contributed by atoms with Gasteiger partial charge in [0.1, 0.15) is 6.54 Å². The predicted octanol–water partition coefficient (Wildman–Crippen LogP) is 2.63. The van der Waals surface area contributed by atoms with Crippen LogP contribution >= 0.6 is 11.6 Å². The van der Waals surface area contributed by atoms with E-state index in [1.807, 2.05) is 18.2 Å². The summed E-state index contributed by atoms with van der Waals surface area (Å²) in [6.45, 7) is 1.04. The molecular weight excluding hydrogens is 398 g/mol. The van der Waals surface area contributed by atoms with Crippen molar-refractivity contribution in [3.63, 3.8) is 0 Å². The molecule has 9 heteroatoms. The molecule has 1 N–H and O–H groups in total. The summed E-state index contributed by atoms with van der Waals surface area (Å²) in [5, 5.41) is 7.24. The number of fused-ring (bicyclic) bond motifs is 1. The Kier molecular flexibility index (Phi) is 5.53. The molecule has 4 rings (SSSR count). The summed E-state index contributed by atoms with van der Waals surface area (Å²) < 4.78 is 17.3. The maximum absolute atomic E-state index is 12.3. The molecule has 0 spiro atoms. The summed E-state index contributed by atoms with van der Waals surface area (Å²) in [6, 6.07) is 12.5. The normalized spacial score (nSPS) is 13.0. The van der Waals surface area contributed by atoms with E-state index in [1.54, 1.807) is 24.3 Å². The Morgan fingerprint density at radius 3 is 2.79 bits per heavy atom. The van der Waals surface area contributed by atoms with Crippen LogP contribution in [0.3, 0.4) is 0 Å². The SMILES string of the molecule is O=C(Cn1nc(-c2ccccc2)oc1=O)NCc1cc(Cl)c2c(c1)OCCCO2. The van der Waals surface area contributed by atoms with Gasteiger partial charge in [-0.1, -0.05) is 29.8 Å². The van der Waals surface area contributed by atoms with Gasteiger partial charge < -0.3 is 19.2 Å². The Morgan fingerprint density at radius 2 is 1.97 bits per heavy atom. The lowest BCUT2D eigenvalue weighted by molar-refractivity contribution is -0.122. The molecule has 0 radical (unpaired) electrons. The van der Waals surface area contributed by atoms with Gasteiger partial charge in [0.2, 0.25) is 11.8 Å². The van der Waals surface area contributed by atoms with Crippen molar-refractivity contribution in [1.29, 1.82) is 0 Å². The van der Waals surface area contributed by atoms with Crippen LogP contribution in [0.2, 0.25) is 5.02 Å². The van der Waals surface area contributed by atoms with Gasteiger partial charge in [-0.05, 0) is 29.8 Å². The van der Waals surface area contributed by atoms with Gasteiger partial charge in [-0.3, -0.25) is 4.79 Å². The zero-order valence-electron chi connectivity index (χ0n) is 15.4. The Morgan fingerprint density at radius 1 is 1.17 bits per heavy atom. The molecular formula is C20H18ClN3O5. The lowest BCUT2D eigenvalue weighted by Crippen LogP contribution is -2.31. The molecule has 0 fully saturated rings. The standard InChI is InChI=1S/C20H18ClN3O5/c21-15-9-13(10-16-18(15)28-8-4-7-27-16)11-22-17(25)12-24-20(26)29-19(23-24)14-5-2-1-3-6-14/h1-3,5-6,9-10H,4,7-8,11-12H2,(H,22,25). The first-order valence-electron chi connectivity index (χ1n) is 9.08. The predicted molar refractivity (Wildman–Crippen MR) is 105 cm³/mol. The highest BCUT2D eigenvalue weighted by molar-refractivity contribution is 6.32. The molecule has 150 valence electrons. The molecule has 1 aliphatic heterocycles. The molecule has 0 bridgehead atoms. The zero-order valence-corrected chi connectivity index (χ0v) is 16.1. The van der Waals surface area contributed by atoms with Gasteiger partial charge in [-0.15, -0.1) is 5.10 Å². The van der Waals surface area contributed by atoms with Crippen LogP contribution in [0, 0.1) is 0 Å². The third-order valence-corrected chi connectivity index (χ3v) is 4.55. The van der Waals surface area contributed by atoms with Crippen LogP contribution in [-0.2, 0) is 17.9 Å². The summed E-state index contributed by atoms with van der Waals surface area (Å²) in [5.74, 6) is 0.153. The van der Waals surface area contributed by atoms with E-state index in [1.165, 1.54) is 0 Å². The van der Waals surface area contributed by atoms with E-state index in [0.29, 0.717) is 35.3 Å². The average molecular weight is 416 g/mol. The minimum absolute atomic E-state index is 0.165. The second kappa shape index (κ2) is 8.40. The van der Waals surface area contributed by atoms with E-state index < -0.39 is 5.76 Å². The maximum atomic E-state index is 12.3. The second-order valence-corrected chi connectivity index (χ2v) is 6.84. The quantitative estimate of drug-likeness (QED) is 0.688. The molecule has 29 heavy (non-hydrogen) atoms. The van der Waals surface area contributed by atoms with E-state index in [4.69, 9.17) is 25.5 Å². The monoisotopic (exact) mass is 415 g/mol. The number of hydrogen-bond acceptors (Lipinski definition) is 6. The minimum Gasteiger partial charge on any atom is -0.489 e. The molecule has 0 atom stereocenters. The smallest absolute Gasteiger partial charge is 0.437 e. The largest absolute Gasteiger partial charge is 0.489 e. The number of rotatable bonds is 5. The van der Waals surface area contributed by atoms with Crippen LogP contribution in [-0.4, -0.2) is 28.9 Å². The van der Waals surface area contributed by atoms with E-state index >= 15 is 0 Å².